The number of anilines is 1. The van der Waals surface area contributed by atoms with Crippen LogP contribution in [0.4, 0.5) is 9.52 Å². The van der Waals surface area contributed by atoms with Gasteiger partial charge in [0, 0.05) is 35.7 Å². The molecule has 3 aliphatic rings. The summed E-state index contributed by atoms with van der Waals surface area (Å²) in [5.74, 6) is 1.96. The van der Waals surface area contributed by atoms with Gasteiger partial charge in [-0.3, -0.25) is 4.79 Å². The van der Waals surface area contributed by atoms with Crippen LogP contribution < -0.4 is 4.90 Å². The van der Waals surface area contributed by atoms with Gasteiger partial charge in [-0.2, -0.15) is 0 Å². The first-order valence-corrected chi connectivity index (χ1v) is 14.3. The van der Waals surface area contributed by atoms with Crippen LogP contribution in [-0.2, 0) is 11.3 Å². The van der Waals surface area contributed by atoms with E-state index < -0.39 is 5.82 Å². The minimum Gasteiger partial charge on any atom is -0.373 e. The summed E-state index contributed by atoms with van der Waals surface area (Å²) < 4.78 is 27.5. The van der Waals surface area contributed by atoms with Crippen LogP contribution in [0.15, 0.2) is 34.9 Å². The average molecular weight is 552 g/mol. The summed E-state index contributed by atoms with van der Waals surface area (Å²) in [5, 5.41) is 5.95. The standard InChI is InChI=1S/C29H27ClFN3O3S/c1-15-3-2-4-22(30)25(15)26-21(28(37-33-26)17-5-6-17)14-36-20-9-18-11-34(12-19(18)10-20)29-32-27-23(31)7-16(13-35)8-24(27)38-29/h2-4,7-8,13,17-20H,5-6,9-12,14H2,1H3/t18-,19?,20?/m0/s1. The largest absolute Gasteiger partial charge is 0.373 e. The molecule has 2 aromatic heterocycles. The fraction of sp³-hybridized carbons (Fsp3) is 0.414. The molecule has 38 heavy (non-hydrogen) atoms. The van der Waals surface area contributed by atoms with Crippen molar-refractivity contribution >= 4 is 44.6 Å². The Kier molecular flexibility index (Phi) is 6.02. The summed E-state index contributed by atoms with van der Waals surface area (Å²) in [6, 6.07) is 8.86. The van der Waals surface area contributed by atoms with E-state index in [2.05, 4.69) is 15.0 Å². The second kappa shape index (κ2) is 9.43. The number of rotatable bonds is 7. The van der Waals surface area contributed by atoms with Crippen LogP contribution in [-0.4, -0.2) is 35.6 Å². The number of thiazole rings is 1. The van der Waals surface area contributed by atoms with E-state index in [0.29, 0.717) is 51.4 Å². The molecule has 6 nitrogen and oxygen atoms in total. The van der Waals surface area contributed by atoms with Gasteiger partial charge in [-0.1, -0.05) is 40.2 Å². The molecule has 2 aromatic carbocycles. The highest BCUT2D eigenvalue weighted by Crippen LogP contribution is 2.47. The topological polar surface area (TPSA) is 68.5 Å². The number of carbonyl (C=O) groups excluding carboxylic acids is 1. The molecule has 2 saturated carbocycles. The van der Waals surface area contributed by atoms with Crippen LogP contribution >= 0.6 is 22.9 Å². The van der Waals surface area contributed by atoms with Crippen molar-refractivity contribution in [1.29, 1.82) is 0 Å². The van der Waals surface area contributed by atoms with E-state index in [1.807, 2.05) is 25.1 Å². The minimum atomic E-state index is -0.439. The van der Waals surface area contributed by atoms with Gasteiger partial charge in [0.05, 0.1) is 22.4 Å². The predicted octanol–water partition coefficient (Wildman–Crippen LogP) is 7.17. The van der Waals surface area contributed by atoms with Crippen LogP contribution in [0.5, 0.6) is 0 Å². The van der Waals surface area contributed by atoms with Crippen molar-refractivity contribution in [2.24, 2.45) is 11.8 Å². The lowest BCUT2D eigenvalue weighted by Gasteiger charge is -2.19. The van der Waals surface area contributed by atoms with Crippen LogP contribution in [0.25, 0.3) is 21.5 Å². The van der Waals surface area contributed by atoms with E-state index in [0.717, 1.165) is 72.0 Å². The Morgan fingerprint density at radius 1 is 1.24 bits per heavy atom. The fourth-order valence-electron chi connectivity index (χ4n) is 6.19. The molecule has 9 heteroatoms. The van der Waals surface area contributed by atoms with Crippen LogP contribution in [0.2, 0.25) is 5.02 Å². The van der Waals surface area contributed by atoms with E-state index >= 15 is 0 Å². The summed E-state index contributed by atoms with van der Waals surface area (Å²) >= 11 is 8.03. The van der Waals surface area contributed by atoms with Crippen molar-refractivity contribution in [3.05, 3.63) is 63.6 Å². The molecule has 2 aliphatic carbocycles. The lowest BCUT2D eigenvalue weighted by atomic mass is 10.0. The van der Waals surface area contributed by atoms with Gasteiger partial charge in [0.1, 0.15) is 23.3 Å². The smallest absolute Gasteiger partial charge is 0.186 e. The molecular weight excluding hydrogens is 525 g/mol. The number of carbonyl (C=O) groups is 1. The number of aldehydes is 1. The monoisotopic (exact) mass is 551 g/mol. The first-order chi connectivity index (χ1) is 18.5. The molecule has 0 amide bonds. The third-order valence-corrected chi connectivity index (χ3v) is 9.64. The van der Waals surface area contributed by atoms with Gasteiger partial charge < -0.3 is 14.2 Å². The second-order valence-corrected chi connectivity index (χ2v) is 12.3. The van der Waals surface area contributed by atoms with Crippen molar-refractivity contribution in [2.45, 2.75) is 51.2 Å². The summed E-state index contributed by atoms with van der Waals surface area (Å²) in [6.07, 6.45) is 5.07. The van der Waals surface area contributed by atoms with Crippen molar-refractivity contribution in [1.82, 2.24) is 10.1 Å². The Labute approximate surface area is 228 Å². The highest BCUT2D eigenvalue weighted by molar-refractivity contribution is 7.22. The molecule has 1 aliphatic heterocycles. The number of benzene rings is 2. The van der Waals surface area contributed by atoms with Gasteiger partial charge in [0.2, 0.25) is 0 Å². The van der Waals surface area contributed by atoms with Crippen molar-refractivity contribution in [3.8, 4) is 11.3 Å². The molecule has 0 spiro atoms. The molecule has 0 N–H and O–H groups in total. The Hall–Kier alpha value is -2.81. The molecule has 7 rings (SSSR count). The maximum Gasteiger partial charge on any atom is 0.186 e. The molecule has 0 radical (unpaired) electrons. The summed E-state index contributed by atoms with van der Waals surface area (Å²) in [5.41, 5.74) is 4.53. The summed E-state index contributed by atoms with van der Waals surface area (Å²) in [6.45, 7) is 4.29. The van der Waals surface area contributed by atoms with E-state index in [9.17, 15) is 9.18 Å². The number of nitrogens with zero attached hydrogens (tertiary/aromatic N) is 3. The lowest BCUT2D eigenvalue weighted by Crippen LogP contribution is -2.23. The van der Waals surface area contributed by atoms with Crippen molar-refractivity contribution < 1.29 is 18.4 Å². The van der Waals surface area contributed by atoms with Crippen molar-refractivity contribution in [2.75, 3.05) is 18.0 Å². The molecular formula is C29H27ClFN3O3S. The molecule has 3 atom stereocenters. The summed E-state index contributed by atoms with van der Waals surface area (Å²) in [7, 11) is 0. The molecule has 2 unspecified atom stereocenters. The number of ether oxygens (including phenoxy) is 1. The zero-order valence-corrected chi connectivity index (χ0v) is 22.5. The normalized spacial score (nSPS) is 22.9. The number of hydrogen-bond acceptors (Lipinski definition) is 7. The number of halogens is 2. The summed E-state index contributed by atoms with van der Waals surface area (Å²) in [4.78, 5) is 17.9. The first-order valence-electron chi connectivity index (χ1n) is 13.1. The Morgan fingerprint density at radius 2 is 2.03 bits per heavy atom. The van der Waals surface area contributed by atoms with E-state index in [-0.39, 0.29) is 6.10 Å². The zero-order chi connectivity index (χ0) is 26.0. The first kappa shape index (κ1) is 24.2. The average Bonchev–Trinajstić information content (AvgIpc) is 3.19. The number of hydrogen-bond donors (Lipinski definition) is 0. The minimum absolute atomic E-state index is 0.178. The van der Waals surface area contributed by atoms with Gasteiger partial charge in [-0.05, 0) is 68.2 Å². The van der Waals surface area contributed by atoms with Crippen LogP contribution in [0, 0.1) is 24.6 Å². The number of aryl methyl sites for hydroxylation is 1. The highest BCUT2D eigenvalue weighted by Gasteiger charge is 2.43. The Morgan fingerprint density at radius 3 is 2.74 bits per heavy atom. The Balaban J connectivity index is 1.04. The zero-order valence-electron chi connectivity index (χ0n) is 21.0. The van der Waals surface area contributed by atoms with Gasteiger partial charge in [0.15, 0.2) is 10.9 Å². The molecule has 196 valence electrons. The van der Waals surface area contributed by atoms with Gasteiger partial charge in [-0.25, -0.2) is 9.37 Å². The third kappa shape index (κ3) is 4.23. The number of fused-ring (bicyclic) bond motifs is 2. The van der Waals surface area contributed by atoms with E-state index in [1.54, 1.807) is 6.07 Å². The van der Waals surface area contributed by atoms with Gasteiger partial charge in [0.25, 0.3) is 0 Å². The predicted molar refractivity (Wildman–Crippen MR) is 146 cm³/mol. The second-order valence-electron chi connectivity index (χ2n) is 10.9. The lowest BCUT2D eigenvalue weighted by molar-refractivity contribution is 0.0403. The van der Waals surface area contributed by atoms with Crippen LogP contribution in [0.3, 0.4) is 0 Å². The Bertz CT molecular complexity index is 1510. The van der Waals surface area contributed by atoms with Crippen LogP contribution in [0.1, 0.15) is 58.8 Å². The highest BCUT2D eigenvalue weighted by atomic mass is 35.5. The van der Waals surface area contributed by atoms with Gasteiger partial charge >= 0.3 is 0 Å². The number of aromatic nitrogens is 2. The van der Waals surface area contributed by atoms with E-state index in [1.165, 1.54) is 17.4 Å². The van der Waals surface area contributed by atoms with Gasteiger partial charge in [-0.15, -0.1) is 0 Å². The SMILES string of the molecule is Cc1cccc(Cl)c1-c1noc(C2CC2)c1COC1CC2CN(c3nc4c(F)cc(C=O)cc4s3)C[C@@H]2C1. The molecule has 1 saturated heterocycles. The molecule has 3 heterocycles. The third-order valence-electron chi connectivity index (χ3n) is 8.26. The maximum atomic E-state index is 14.4. The molecule has 3 fully saturated rings. The van der Waals surface area contributed by atoms with Crippen molar-refractivity contribution in [3.63, 3.8) is 0 Å². The fourth-order valence-corrected chi connectivity index (χ4v) is 7.55. The maximum absolute atomic E-state index is 14.4. The molecule has 0 bridgehead atoms. The van der Waals surface area contributed by atoms with E-state index in [4.69, 9.17) is 20.9 Å². The molecule has 4 aromatic rings. The quantitative estimate of drug-likeness (QED) is 0.227.